The average Bonchev–Trinajstić information content (AvgIpc) is 3.20. The molecule has 2 aliphatic rings. The molecule has 1 aromatic heterocycles. The zero-order chi connectivity index (χ0) is 27.4. The molecular weight excluding hydrogens is 522 g/mol. The van der Waals surface area contributed by atoms with Crippen molar-refractivity contribution in [3.05, 3.63) is 40.5 Å². The number of nitrogens with two attached hydrogens (primary N) is 1. The number of hydrogen-bond acceptors (Lipinski definition) is 6. The van der Waals surface area contributed by atoms with Crippen molar-refractivity contribution >= 4 is 36.5 Å². The number of rotatable bonds is 8. The van der Waals surface area contributed by atoms with Crippen LogP contribution >= 0.6 is 9.24 Å². The standard InChI is InChI=1S/C28H38FN4O3PS/c1-32(2)20-11-9-19(10-12-20)31-25-7-4-8-26-23(25)16-21(33(26)18-28(29)37)6-5-15-36-27-14-13-22(17-24(27)30)38(3,34)35/h8,13-14,16-17,19-20,28,31H,4,7,9-12,15,18,30,37H2,1-3H3. The van der Waals surface area contributed by atoms with E-state index in [0.717, 1.165) is 48.2 Å². The van der Waals surface area contributed by atoms with Gasteiger partial charge in [-0.05, 0) is 82.8 Å². The second kappa shape index (κ2) is 12.1. The van der Waals surface area contributed by atoms with Gasteiger partial charge >= 0.3 is 0 Å². The molecule has 1 heterocycles. The SMILES string of the molecule is CN(C)C1CCC(NC2=c3cc(C#CCOc4ccc(S(C)(=O)=O)cc4N)n(CC(F)P)c3=CCC2)CC1. The summed E-state index contributed by atoms with van der Waals surface area (Å²) in [6.45, 7) is 0.258. The zero-order valence-corrected chi connectivity index (χ0v) is 24.3. The average molecular weight is 561 g/mol. The highest BCUT2D eigenvalue weighted by molar-refractivity contribution is 7.90. The van der Waals surface area contributed by atoms with Crippen LogP contribution in [0.25, 0.3) is 11.8 Å². The van der Waals surface area contributed by atoms with E-state index in [4.69, 9.17) is 10.5 Å². The number of nitrogen functional groups attached to an aromatic ring is 1. The molecule has 7 nitrogen and oxygen atoms in total. The van der Waals surface area contributed by atoms with Crippen molar-refractivity contribution in [1.82, 2.24) is 14.8 Å². The third-order valence-corrected chi connectivity index (χ3v) is 8.60. The van der Waals surface area contributed by atoms with E-state index in [1.54, 1.807) is 0 Å². The van der Waals surface area contributed by atoms with Gasteiger partial charge in [0.15, 0.2) is 9.84 Å². The minimum absolute atomic E-state index is 0.0614. The molecule has 3 N–H and O–H groups in total. The van der Waals surface area contributed by atoms with Crippen molar-refractivity contribution in [1.29, 1.82) is 0 Å². The quantitative estimate of drug-likeness (QED) is 0.293. The molecule has 1 saturated carbocycles. The Hall–Kier alpha value is -2.53. The number of ether oxygens (including phenoxy) is 1. The minimum Gasteiger partial charge on any atom is -0.479 e. The van der Waals surface area contributed by atoms with Crippen LogP contribution in [0.1, 0.15) is 44.2 Å². The summed E-state index contributed by atoms with van der Waals surface area (Å²) in [6.07, 6.45) is 9.79. The van der Waals surface area contributed by atoms with E-state index in [-0.39, 0.29) is 23.7 Å². The fraction of sp³-hybridized carbons (Fsp3) is 0.500. The number of benzene rings is 1. The molecule has 0 bridgehead atoms. The lowest BCUT2D eigenvalue weighted by atomic mass is 9.90. The van der Waals surface area contributed by atoms with Crippen LogP contribution in [0.15, 0.2) is 29.2 Å². The molecule has 4 rings (SSSR count). The molecule has 0 spiro atoms. The molecule has 2 unspecified atom stereocenters. The van der Waals surface area contributed by atoms with E-state index in [1.807, 2.05) is 10.6 Å². The molecule has 0 aliphatic heterocycles. The van der Waals surface area contributed by atoms with E-state index in [1.165, 1.54) is 36.7 Å². The van der Waals surface area contributed by atoms with Gasteiger partial charge in [0.05, 0.1) is 22.8 Å². The summed E-state index contributed by atoms with van der Waals surface area (Å²) < 4.78 is 45.2. The summed E-state index contributed by atoms with van der Waals surface area (Å²) in [4.78, 5) is 2.46. The highest BCUT2D eigenvalue weighted by Crippen LogP contribution is 2.25. The molecule has 206 valence electrons. The lowest BCUT2D eigenvalue weighted by Crippen LogP contribution is -2.43. The number of halogens is 1. The van der Waals surface area contributed by atoms with Gasteiger partial charge in [-0.2, -0.15) is 0 Å². The van der Waals surface area contributed by atoms with Crippen molar-refractivity contribution in [3.63, 3.8) is 0 Å². The van der Waals surface area contributed by atoms with E-state index >= 15 is 0 Å². The Kier molecular flexibility index (Phi) is 9.07. The van der Waals surface area contributed by atoms with Gasteiger partial charge in [-0.15, -0.1) is 0 Å². The van der Waals surface area contributed by atoms with Gasteiger partial charge < -0.3 is 25.3 Å². The zero-order valence-electron chi connectivity index (χ0n) is 22.3. The van der Waals surface area contributed by atoms with Gasteiger partial charge in [0.2, 0.25) is 0 Å². The van der Waals surface area contributed by atoms with Crippen molar-refractivity contribution in [2.45, 2.75) is 68.0 Å². The second-order valence-electron chi connectivity index (χ2n) is 10.4. The number of nitrogens with zero attached hydrogens (tertiary/aromatic N) is 2. The Bertz CT molecular complexity index is 1450. The lowest BCUT2D eigenvalue weighted by molar-refractivity contribution is 0.210. The molecular formula is C28H38FN4O3PS. The maximum atomic E-state index is 14.1. The molecule has 1 aromatic carbocycles. The van der Waals surface area contributed by atoms with Crippen LogP contribution in [0, 0.1) is 11.8 Å². The number of fused-ring (bicyclic) bond motifs is 1. The van der Waals surface area contributed by atoms with Gasteiger partial charge in [-0.25, -0.2) is 12.8 Å². The lowest BCUT2D eigenvalue weighted by Gasteiger charge is -2.34. The molecule has 2 aromatic rings. The molecule has 0 amide bonds. The number of nitrogens with one attached hydrogen (secondary N) is 1. The Labute approximate surface area is 227 Å². The molecule has 1 fully saturated rings. The smallest absolute Gasteiger partial charge is 0.175 e. The van der Waals surface area contributed by atoms with Gasteiger partial charge in [0, 0.05) is 34.6 Å². The van der Waals surface area contributed by atoms with Crippen LogP contribution in [0.5, 0.6) is 5.75 Å². The first-order chi connectivity index (χ1) is 18.0. The summed E-state index contributed by atoms with van der Waals surface area (Å²) in [5, 5.41) is 5.92. The first-order valence-corrected chi connectivity index (χ1v) is 15.6. The molecule has 38 heavy (non-hydrogen) atoms. The van der Waals surface area contributed by atoms with Gasteiger partial charge in [0.1, 0.15) is 18.3 Å². The Morgan fingerprint density at radius 1 is 1.26 bits per heavy atom. The van der Waals surface area contributed by atoms with Crippen LogP contribution in [-0.2, 0) is 16.4 Å². The monoisotopic (exact) mass is 560 g/mol. The van der Waals surface area contributed by atoms with E-state index in [9.17, 15) is 12.8 Å². The first kappa shape index (κ1) is 28.5. The van der Waals surface area contributed by atoms with Crippen molar-refractivity contribution in [2.75, 3.05) is 32.7 Å². The molecule has 0 saturated heterocycles. The number of anilines is 1. The third-order valence-electron chi connectivity index (χ3n) is 7.28. The Balaban J connectivity index is 1.54. The Morgan fingerprint density at radius 2 is 2.00 bits per heavy atom. The van der Waals surface area contributed by atoms with Crippen LogP contribution in [-0.4, -0.2) is 62.8 Å². The topological polar surface area (TPSA) is 89.6 Å². The number of hydrogen-bond donors (Lipinski definition) is 2. The minimum atomic E-state index is -3.35. The molecule has 0 radical (unpaired) electrons. The summed E-state index contributed by atoms with van der Waals surface area (Å²) in [6, 6.07) is 7.52. The van der Waals surface area contributed by atoms with Crippen molar-refractivity contribution in [2.24, 2.45) is 0 Å². The van der Waals surface area contributed by atoms with Gasteiger partial charge in [0.25, 0.3) is 0 Å². The van der Waals surface area contributed by atoms with Crippen molar-refractivity contribution < 1.29 is 17.5 Å². The number of aromatic nitrogens is 1. The van der Waals surface area contributed by atoms with E-state index in [2.05, 4.69) is 51.5 Å². The fourth-order valence-electron chi connectivity index (χ4n) is 5.25. The predicted octanol–water partition coefficient (Wildman–Crippen LogP) is 2.22. The Morgan fingerprint density at radius 3 is 2.63 bits per heavy atom. The van der Waals surface area contributed by atoms with E-state index in [0.29, 0.717) is 17.8 Å². The van der Waals surface area contributed by atoms with Gasteiger partial charge in [-0.3, -0.25) is 0 Å². The predicted molar refractivity (Wildman–Crippen MR) is 155 cm³/mol. The van der Waals surface area contributed by atoms with E-state index < -0.39 is 15.8 Å². The van der Waals surface area contributed by atoms with Crippen LogP contribution in [0.2, 0.25) is 0 Å². The summed E-state index contributed by atoms with van der Waals surface area (Å²) in [5.74, 6) is 5.44. The maximum absolute atomic E-state index is 14.1. The highest BCUT2D eigenvalue weighted by atomic mass is 32.2. The molecule has 10 heteroatoms. The highest BCUT2D eigenvalue weighted by Gasteiger charge is 2.23. The van der Waals surface area contributed by atoms with Crippen LogP contribution in [0.4, 0.5) is 10.1 Å². The van der Waals surface area contributed by atoms with Crippen LogP contribution < -0.4 is 26.4 Å². The third kappa shape index (κ3) is 6.91. The van der Waals surface area contributed by atoms with Crippen LogP contribution in [0.3, 0.4) is 0 Å². The first-order valence-electron chi connectivity index (χ1n) is 13.0. The largest absolute Gasteiger partial charge is 0.479 e. The van der Waals surface area contributed by atoms with Crippen molar-refractivity contribution in [3.8, 4) is 17.6 Å². The normalized spacial score (nSPS) is 20.2. The second-order valence-corrected chi connectivity index (χ2v) is 13.1. The molecule has 2 aliphatic carbocycles. The summed E-state index contributed by atoms with van der Waals surface area (Å²) >= 11 is 0. The molecule has 2 atom stereocenters. The fourth-order valence-corrected chi connectivity index (χ4v) is 6.12. The number of alkyl halides is 1. The number of sulfone groups is 1. The van der Waals surface area contributed by atoms with Gasteiger partial charge in [-0.1, -0.05) is 21.2 Å². The summed E-state index contributed by atoms with van der Waals surface area (Å²) in [5.41, 5.74) is 8.15. The summed E-state index contributed by atoms with van der Waals surface area (Å²) in [7, 11) is 3.18. The maximum Gasteiger partial charge on any atom is 0.175 e.